The fraction of sp³-hybridized carbons (Fsp3) is 0.556. The Morgan fingerprint density at radius 2 is 2.08 bits per heavy atom. The molecule has 0 spiro atoms. The summed E-state index contributed by atoms with van der Waals surface area (Å²) in [7, 11) is 1.53. The van der Waals surface area contributed by atoms with Gasteiger partial charge in [-0.1, -0.05) is 23.7 Å². The average Bonchev–Trinajstić information content (AvgIpc) is 2.59. The van der Waals surface area contributed by atoms with Gasteiger partial charge in [-0.25, -0.2) is 0 Å². The molecule has 0 radical (unpaired) electrons. The Kier molecular flexibility index (Phi) is 7.53. The van der Waals surface area contributed by atoms with Crippen molar-refractivity contribution in [2.24, 2.45) is 5.92 Å². The molecule has 2 rings (SSSR count). The van der Waals surface area contributed by atoms with E-state index < -0.39 is 0 Å². The minimum absolute atomic E-state index is 0.0511. The SMILES string of the molecule is COCC(=O)N1CCC(CCC(=O)NCc2cccc(Cl)c2)CC1. The molecule has 0 unspecified atom stereocenters. The molecule has 1 aromatic rings. The number of methoxy groups -OCH3 is 1. The monoisotopic (exact) mass is 352 g/mol. The van der Waals surface area contributed by atoms with Crippen molar-refractivity contribution >= 4 is 23.4 Å². The molecule has 1 heterocycles. The highest BCUT2D eigenvalue weighted by atomic mass is 35.5. The van der Waals surface area contributed by atoms with Crippen molar-refractivity contribution in [1.29, 1.82) is 0 Å². The van der Waals surface area contributed by atoms with Crippen LogP contribution in [0.2, 0.25) is 5.02 Å². The van der Waals surface area contributed by atoms with Crippen molar-refractivity contribution in [2.75, 3.05) is 26.8 Å². The maximum atomic E-state index is 12.0. The number of ether oxygens (including phenoxy) is 1. The summed E-state index contributed by atoms with van der Waals surface area (Å²) in [5.41, 5.74) is 1.00. The Balaban J connectivity index is 1.63. The van der Waals surface area contributed by atoms with Gasteiger partial charge in [0.25, 0.3) is 0 Å². The number of nitrogens with one attached hydrogen (secondary N) is 1. The lowest BCUT2D eigenvalue weighted by molar-refractivity contribution is -0.136. The molecule has 6 heteroatoms. The van der Waals surface area contributed by atoms with E-state index in [4.69, 9.17) is 16.3 Å². The second kappa shape index (κ2) is 9.64. The molecule has 24 heavy (non-hydrogen) atoms. The van der Waals surface area contributed by atoms with Crippen LogP contribution in [0, 0.1) is 5.92 Å². The van der Waals surface area contributed by atoms with Gasteiger partial charge in [0.2, 0.25) is 11.8 Å². The summed E-state index contributed by atoms with van der Waals surface area (Å²) in [5.74, 6) is 0.622. The van der Waals surface area contributed by atoms with Crippen molar-refractivity contribution in [2.45, 2.75) is 32.2 Å². The number of carbonyl (C=O) groups excluding carboxylic acids is 2. The third-order valence-corrected chi connectivity index (χ3v) is 4.63. The lowest BCUT2D eigenvalue weighted by Gasteiger charge is -2.31. The fourth-order valence-electron chi connectivity index (χ4n) is 2.96. The van der Waals surface area contributed by atoms with Crippen molar-refractivity contribution in [3.63, 3.8) is 0 Å². The molecule has 1 aliphatic heterocycles. The Morgan fingerprint density at radius 1 is 1.33 bits per heavy atom. The van der Waals surface area contributed by atoms with Gasteiger partial charge >= 0.3 is 0 Å². The highest BCUT2D eigenvalue weighted by Crippen LogP contribution is 2.22. The van der Waals surface area contributed by atoms with Gasteiger partial charge in [-0.2, -0.15) is 0 Å². The third-order valence-electron chi connectivity index (χ3n) is 4.39. The molecule has 132 valence electrons. The zero-order valence-corrected chi connectivity index (χ0v) is 14.8. The summed E-state index contributed by atoms with van der Waals surface area (Å²) < 4.78 is 4.88. The summed E-state index contributed by atoms with van der Waals surface area (Å²) in [6, 6.07) is 7.49. The minimum Gasteiger partial charge on any atom is -0.375 e. The topological polar surface area (TPSA) is 58.6 Å². The molecule has 0 saturated carbocycles. The molecule has 5 nitrogen and oxygen atoms in total. The molecule has 1 aliphatic rings. The molecule has 0 aliphatic carbocycles. The van der Waals surface area contributed by atoms with Crippen molar-refractivity contribution in [3.8, 4) is 0 Å². The van der Waals surface area contributed by atoms with Crippen molar-refractivity contribution in [3.05, 3.63) is 34.9 Å². The molecule has 0 aromatic heterocycles. The maximum Gasteiger partial charge on any atom is 0.248 e. The van der Waals surface area contributed by atoms with E-state index in [1.54, 1.807) is 0 Å². The van der Waals surface area contributed by atoms with Crippen LogP contribution in [-0.2, 0) is 20.9 Å². The molecule has 0 bridgehead atoms. The standard InChI is InChI=1S/C18H25ClN2O3/c1-24-13-18(23)21-9-7-14(8-10-21)5-6-17(22)20-12-15-3-2-4-16(19)11-15/h2-4,11,14H,5-10,12-13H2,1H3,(H,20,22). The van der Waals surface area contributed by atoms with Crippen LogP contribution in [-0.4, -0.2) is 43.5 Å². The molecule has 2 amide bonds. The highest BCUT2D eigenvalue weighted by Gasteiger charge is 2.22. The number of piperidine rings is 1. The minimum atomic E-state index is 0.0511. The average molecular weight is 353 g/mol. The Morgan fingerprint density at radius 3 is 2.75 bits per heavy atom. The summed E-state index contributed by atoms with van der Waals surface area (Å²) in [5, 5.41) is 3.61. The van der Waals surface area contributed by atoms with Crippen molar-refractivity contribution < 1.29 is 14.3 Å². The molecular formula is C18H25ClN2O3. The Bertz CT molecular complexity index is 557. The van der Waals surface area contributed by atoms with Gasteiger partial charge in [0, 0.05) is 38.2 Å². The maximum absolute atomic E-state index is 12.0. The first-order chi connectivity index (χ1) is 11.6. The first-order valence-corrected chi connectivity index (χ1v) is 8.74. The number of halogens is 1. The number of rotatable bonds is 7. The second-order valence-corrected chi connectivity index (χ2v) is 6.64. The van der Waals surface area contributed by atoms with E-state index in [0.717, 1.165) is 37.9 Å². The molecule has 1 N–H and O–H groups in total. The van der Waals surface area contributed by atoms with E-state index in [1.807, 2.05) is 29.2 Å². The quantitative estimate of drug-likeness (QED) is 0.820. The van der Waals surface area contributed by atoms with Crippen LogP contribution >= 0.6 is 11.6 Å². The van der Waals surface area contributed by atoms with Crippen LogP contribution in [0.25, 0.3) is 0 Å². The first kappa shape index (κ1) is 18.7. The van der Waals surface area contributed by atoms with Gasteiger partial charge in [0.05, 0.1) is 0 Å². The Hall–Kier alpha value is -1.59. The zero-order chi connectivity index (χ0) is 17.4. The largest absolute Gasteiger partial charge is 0.375 e. The lowest BCUT2D eigenvalue weighted by Crippen LogP contribution is -2.40. The summed E-state index contributed by atoms with van der Waals surface area (Å²) >= 11 is 5.93. The molecule has 1 aromatic carbocycles. The van der Waals surface area contributed by atoms with Gasteiger partial charge < -0.3 is 15.0 Å². The van der Waals surface area contributed by atoms with Crippen molar-refractivity contribution in [1.82, 2.24) is 10.2 Å². The normalized spacial score (nSPS) is 15.3. The summed E-state index contributed by atoms with van der Waals surface area (Å²) in [4.78, 5) is 25.6. The lowest BCUT2D eigenvalue weighted by atomic mass is 9.92. The number of likely N-dealkylation sites (tertiary alicyclic amines) is 1. The van der Waals surface area contributed by atoms with E-state index >= 15 is 0 Å². The van der Waals surface area contributed by atoms with E-state index in [9.17, 15) is 9.59 Å². The van der Waals surface area contributed by atoms with Crippen LogP contribution in [0.1, 0.15) is 31.2 Å². The number of nitrogens with zero attached hydrogens (tertiary/aromatic N) is 1. The number of benzene rings is 1. The van der Waals surface area contributed by atoms with E-state index in [0.29, 0.717) is 23.9 Å². The molecular weight excluding hydrogens is 328 g/mol. The summed E-state index contributed by atoms with van der Waals surface area (Å²) in [6.45, 7) is 2.17. The predicted octanol–water partition coefficient (Wildman–Crippen LogP) is 2.62. The number of amides is 2. The summed E-state index contributed by atoms with van der Waals surface area (Å²) in [6.07, 6.45) is 3.30. The zero-order valence-electron chi connectivity index (χ0n) is 14.1. The van der Waals surface area contributed by atoms with Gasteiger partial charge in [0.1, 0.15) is 6.61 Å². The van der Waals surface area contributed by atoms with Gasteiger partial charge in [0.15, 0.2) is 0 Å². The van der Waals surface area contributed by atoms with Crippen LogP contribution < -0.4 is 5.32 Å². The van der Waals surface area contributed by atoms with Gasteiger partial charge in [-0.15, -0.1) is 0 Å². The fourth-order valence-corrected chi connectivity index (χ4v) is 3.17. The first-order valence-electron chi connectivity index (χ1n) is 8.36. The van der Waals surface area contributed by atoms with Crippen LogP contribution in [0.5, 0.6) is 0 Å². The number of carbonyl (C=O) groups is 2. The third kappa shape index (κ3) is 6.13. The predicted molar refractivity (Wildman–Crippen MR) is 93.7 cm³/mol. The number of hydrogen-bond acceptors (Lipinski definition) is 3. The van der Waals surface area contributed by atoms with Gasteiger partial charge in [-0.05, 0) is 42.9 Å². The van der Waals surface area contributed by atoms with Crippen LogP contribution in [0.3, 0.4) is 0 Å². The number of hydrogen-bond donors (Lipinski definition) is 1. The van der Waals surface area contributed by atoms with Crippen LogP contribution in [0.4, 0.5) is 0 Å². The van der Waals surface area contributed by atoms with E-state index in [1.165, 1.54) is 7.11 Å². The smallest absolute Gasteiger partial charge is 0.248 e. The molecule has 0 atom stereocenters. The Labute approximate surface area is 148 Å². The van der Waals surface area contributed by atoms with Crippen LogP contribution in [0.15, 0.2) is 24.3 Å². The molecule has 1 fully saturated rings. The second-order valence-electron chi connectivity index (χ2n) is 6.20. The highest BCUT2D eigenvalue weighted by molar-refractivity contribution is 6.30. The van der Waals surface area contributed by atoms with E-state index in [2.05, 4.69) is 5.32 Å². The van der Waals surface area contributed by atoms with Gasteiger partial charge in [-0.3, -0.25) is 9.59 Å². The molecule has 1 saturated heterocycles. The van der Waals surface area contributed by atoms with E-state index in [-0.39, 0.29) is 18.4 Å².